The Bertz CT molecular complexity index is 988. The smallest absolute Gasteiger partial charge is 0.271 e. The molecule has 1 aliphatic rings. The van der Waals surface area contributed by atoms with Crippen LogP contribution in [0.25, 0.3) is 0 Å². The van der Waals surface area contributed by atoms with Crippen LogP contribution in [0.3, 0.4) is 0 Å². The quantitative estimate of drug-likeness (QED) is 0.702. The number of rotatable bonds is 5. The number of nitrogens with one attached hydrogen (secondary N) is 2. The number of amides is 1. The predicted octanol–water partition coefficient (Wildman–Crippen LogP) is 4.44. The zero-order valence-corrected chi connectivity index (χ0v) is 17.1. The lowest BCUT2D eigenvalue weighted by Gasteiger charge is -2.18. The van der Waals surface area contributed by atoms with E-state index in [1.54, 1.807) is 30.3 Å². The summed E-state index contributed by atoms with van der Waals surface area (Å²) in [5.74, 6) is 0.131. The van der Waals surface area contributed by atoms with Crippen molar-refractivity contribution in [2.45, 2.75) is 37.5 Å². The Morgan fingerprint density at radius 3 is 2.64 bits per heavy atom. The summed E-state index contributed by atoms with van der Waals surface area (Å²) < 4.78 is 27.7. The summed E-state index contributed by atoms with van der Waals surface area (Å²) in [7, 11) is -3.83. The van der Waals surface area contributed by atoms with Crippen LogP contribution in [0.5, 0.6) is 0 Å². The third-order valence-corrected chi connectivity index (χ3v) is 6.20. The molecular formula is C20H22ClN3O3S. The van der Waals surface area contributed by atoms with Crippen molar-refractivity contribution in [3.8, 4) is 0 Å². The van der Waals surface area contributed by atoms with E-state index in [0.29, 0.717) is 16.6 Å². The fourth-order valence-electron chi connectivity index (χ4n) is 3.09. The molecule has 0 aromatic heterocycles. The van der Waals surface area contributed by atoms with Gasteiger partial charge in [0.25, 0.3) is 15.9 Å². The molecule has 148 valence electrons. The number of hydrogen-bond donors (Lipinski definition) is 2. The van der Waals surface area contributed by atoms with Gasteiger partial charge in [-0.15, -0.1) is 0 Å². The number of benzene rings is 2. The molecule has 2 aromatic rings. The Labute approximate surface area is 170 Å². The van der Waals surface area contributed by atoms with Gasteiger partial charge in [0, 0.05) is 22.0 Å². The SMILES string of the molecule is C[C@@H]1CCC/C(=N/NC(=O)c2cccc(S(=O)(=O)Nc3ccc(Cl)cc3)c2)C1. The van der Waals surface area contributed by atoms with Crippen LogP contribution in [0.1, 0.15) is 43.0 Å². The lowest BCUT2D eigenvalue weighted by atomic mass is 9.89. The minimum absolute atomic E-state index is 0.00552. The highest BCUT2D eigenvalue weighted by molar-refractivity contribution is 7.92. The van der Waals surface area contributed by atoms with Gasteiger partial charge in [0.05, 0.1) is 4.90 Å². The number of hydrogen-bond acceptors (Lipinski definition) is 4. The van der Waals surface area contributed by atoms with E-state index in [-0.39, 0.29) is 10.5 Å². The Morgan fingerprint density at radius 2 is 1.93 bits per heavy atom. The average Bonchev–Trinajstić information content (AvgIpc) is 2.68. The molecule has 1 fully saturated rings. The van der Waals surface area contributed by atoms with Gasteiger partial charge in [-0.25, -0.2) is 13.8 Å². The van der Waals surface area contributed by atoms with Gasteiger partial charge in [0.1, 0.15) is 0 Å². The summed E-state index contributed by atoms with van der Waals surface area (Å²) in [6.07, 6.45) is 4.00. The number of anilines is 1. The van der Waals surface area contributed by atoms with Crippen LogP contribution < -0.4 is 10.1 Å². The topological polar surface area (TPSA) is 87.6 Å². The van der Waals surface area contributed by atoms with Gasteiger partial charge in [-0.2, -0.15) is 5.10 Å². The lowest BCUT2D eigenvalue weighted by Crippen LogP contribution is -2.22. The van der Waals surface area contributed by atoms with Crippen LogP contribution in [-0.4, -0.2) is 20.0 Å². The normalized spacial score (nSPS) is 18.6. The number of sulfonamides is 1. The zero-order valence-electron chi connectivity index (χ0n) is 15.5. The third-order valence-electron chi connectivity index (χ3n) is 4.56. The average molecular weight is 420 g/mol. The van der Waals surface area contributed by atoms with E-state index in [4.69, 9.17) is 11.6 Å². The fraction of sp³-hybridized carbons (Fsp3) is 0.300. The maximum atomic E-state index is 12.6. The van der Waals surface area contributed by atoms with E-state index in [2.05, 4.69) is 22.2 Å². The molecular weight excluding hydrogens is 398 g/mol. The van der Waals surface area contributed by atoms with Gasteiger partial charge in [-0.1, -0.05) is 24.6 Å². The van der Waals surface area contributed by atoms with Crippen LogP contribution in [0.15, 0.2) is 58.5 Å². The van der Waals surface area contributed by atoms with E-state index < -0.39 is 15.9 Å². The summed E-state index contributed by atoms with van der Waals surface area (Å²) in [5.41, 5.74) is 4.13. The molecule has 3 rings (SSSR count). The maximum Gasteiger partial charge on any atom is 0.271 e. The van der Waals surface area contributed by atoms with Gasteiger partial charge >= 0.3 is 0 Å². The maximum absolute atomic E-state index is 12.6. The summed E-state index contributed by atoms with van der Waals surface area (Å²) in [5, 5.41) is 4.73. The molecule has 1 aliphatic carbocycles. The van der Waals surface area contributed by atoms with Crippen molar-refractivity contribution in [3.63, 3.8) is 0 Å². The van der Waals surface area contributed by atoms with Crippen LogP contribution in [0, 0.1) is 5.92 Å². The molecule has 2 N–H and O–H groups in total. The van der Waals surface area contributed by atoms with E-state index in [1.165, 1.54) is 24.6 Å². The van der Waals surface area contributed by atoms with Crippen molar-refractivity contribution < 1.29 is 13.2 Å². The first-order valence-corrected chi connectivity index (χ1v) is 10.9. The van der Waals surface area contributed by atoms with Crippen LogP contribution in [0.2, 0.25) is 5.02 Å². The predicted molar refractivity (Wildman–Crippen MR) is 111 cm³/mol. The van der Waals surface area contributed by atoms with Crippen molar-refractivity contribution in [1.82, 2.24) is 5.43 Å². The molecule has 0 radical (unpaired) electrons. The highest BCUT2D eigenvalue weighted by Crippen LogP contribution is 2.21. The van der Waals surface area contributed by atoms with Gasteiger partial charge in [-0.05, 0) is 74.1 Å². The zero-order chi connectivity index (χ0) is 20.1. The minimum atomic E-state index is -3.83. The van der Waals surface area contributed by atoms with Crippen molar-refractivity contribution in [3.05, 3.63) is 59.1 Å². The van der Waals surface area contributed by atoms with Gasteiger partial charge < -0.3 is 0 Å². The van der Waals surface area contributed by atoms with Crippen LogP contribution in [-0.2, 0) is 10.0 Å². The molecule has 1 saturated carbocycles. The third kappa shape index (κ3) is 5.33. The summed E-state index contributed by atoms with van der Waals surface area (Å²) >= 11 is 5.82. The van der Waals surface area contributed by atoms with Gasteiger partial charge in [0.2, 0.25) is 0 Å². The number of nitrogens with zero attached hydrogens (tertiary/aromatic N) is 1. The molecule has 6 nitrogen and oxygen atoms in total. The van der Waals surface area contributed by atoms with E-state index in [9.17, 15) is 13.2 Å². The van der Waals surface area contributed by atoms with Crippen molar-refractivity contribution in [1.29, 1.82) is 0 Å². The van der Waals surface area contributed by atoms with Gasteiger partial charge in [-0.3, -0.25) is 9.52 Å². The first kappa shape index (κ1) is 20.4. The number of halogens is 1. The highest BCUT2D eigenvalue weighted by Gasteiger charge is 2.17. The molecule has 0 aliphatic heterocycles. The minimum Gasteiger partial charge on any atom is -0.280 e. The summed E-state index contributed by atoms with van der Waals surface area (Å²) in [6.45, 7) is 2.17. The second kappa shape index (κ2) is 8.75. The summed E-state index contributed by atoms with van der Waals surface area (Å²) in [6, 6.07) is 12.2. The molecule has 8 heteroatoms. The largest absolute Gasteiger partial charge is 0.280 e. The monoisotopic (exact) mass is 419 g/mol. The number of carbonyl (C=O) groups excluding carboxylic acids is 1. The van der Waals surface area contributed by atoms with Crippen LogP contribution in [0.4, 0.5) is 5.69 Å². The molecule has 0 spiro atoms. The van der Waals surface area contributed by atoms with E-state index in [1.807, 2.05) is 0 Å². The summed E-state index contributed by atoms with van der Waals surface area (Å²) in [4.78, 5) is 12.4. The van der Waals surface area contributed by atoms with Crippen LogP contribution >= 0.6 is 11.6 Å². The molecule has 1 amide bonds. The Morgan fingerprint density at radius 1 is 1.18 bits per heavy atom. The van der Waals surface area contributed by atoms with Crippen molar-refractivity contribution >= 4 is 38.9 Å². The molecule has 28 heavy (non-hydrogen) atoms. The second-order valence-electron chi connectivity index (χ2n) is 6.96. The number of carbonyl (C=O) groups is 1. The second-order valence-corrected chi connectivity index (χ2v) is 9.08. The first-order valence-electron chi connectivity index (χ1n) is 9.08. The molecule has 0 bridgehead atoms. The Hall–Kier alpha value is -2.38. The molecule has 0 heterocycles. The van der Waals surface area contributed by atoms with Crippen molar-refractivity contribution in [2.24, 2.45) is 11.0 Å². The molecule has 0 saturated heterocycles. The highest BCUT2D eigenvalue weighted by atomic mass is 35.5. The standard InChI is InChI=1S/C20H22ClN3O3S/c1-14-4-2-6-18(12-14)22-23-20(25)15-5-3-7-19(13-15)28(26,27)24-17-10-8-16(21)9-11-17/h3,5,7-11,13-14,24H,2,4,6,12H2,1H3,(H,23,25)/b22-18-/t14-/m1/s1. The number of hydrazone groups is 1. The van der Waals surface area contributed by atoms with Gasteiger partial charge in [0.15, 0.2) is 0 Å². The molecule has 2 aromatic carbocycles. The molecule has 1 atom stereocenters. The first-order chi connectivity index (χ1) is 13.3. The van der Waals surface area contributed by atoms with Crippen molar-refractivity contribution in [2.75, 3.05) is 4.72 Å². The van der Waals surface area contributed by atoms with E-state index >= 15 is 0 Å². The molecule has 0 unspecified atom stereocenters. The Kier molecular flexibility index (Phi) is 6.36. The lowest BCUT2D eigenvalue weighted by molar-refractivity contribution is 0.0954. The Balaban J connectivity index is 1.72. The van der Waals surface area contributed by atoms with E-state index in [0.717, 1.165) is 25.0 Å². The fourth-order valence-corrected chi connectivity index (χ4v) is 4.32.